The summed E-state index contributed by atoms with van der Waals surface area (Å²) in [6, 6.07) is 5.76. The monoisotopic (exact) mass is 357 g/mol. The van der Waals surface area contributed by atoms with Crippen molar-refractivity contribution in [3.8, 4) is 0 Å². The van der Waals surface area contributed by atoms with Crippen LogP contribution in [0.25, 0.3) is 0 Å². The fourth-order valence-corrected chi connectivity index (χ4v) is 4.54. The van der Waals surface area contributed by atoms with Crippen LogP contribution in [0.1, 0.15) is 48.8 Å². The highest BCUT2D eigenvalue weighted by Crippen LogP contribution is 2.30. The molecule has 2 aromatic rings. The molecule has 0 aliphatic carbocycles. The molecule has 1 N–H and O–H groups in total. The average molecular weight is 357 g/mol. The first kappa shape index (κ1) is 17.5. The van der Waals surface area contributed by atoms with E-state index in [9.17, 15) is 4.39 Å². The summed E-state index contributed by atoms with van der Waals surface area (Å²) in [5.41, 5.74) is 2.21. The van der Waals surface area contributed by atoms with Crippen molar-refractivity contribution < 1.29 is 4.39 Å². The Labute approximate surface area is 154 Å². The lowest BCUT2D eigenvalue weighted by Gasteiger charge is -2.42. The molecule has 1 atom stereocenters. The third-order valence-corrected chi connectivity index (χ3v) is 5.91. The quantitative estimate of drug-likeness (QED) is 0.914. The topological polar surface area (TPSA) is 48.1 Å². The molecule has 140 valence electrons. The van der Waals surface area contributed by atoms with E-state index in [0.717, 1.165) is 49.7 Å². The van der Waals surface area contributed by atoms with Crippen LogP contribution in [-0.4, -0.2) is 52.3 Å². The van der Waals surface area contributed by atoms with Gasteiger partial charge in [0, 0.05) is 37.3 Å². The Hall–Kier alpha value is -1.95. The van der Waals surface area contributed by atoms with E-state index in [1.165, 1.54) is 25.1 Å². The zero-order valence-electron chi connectivity index (χ0n) is 15.7. The number of rotatable bonds is 3. The van der Waals surface area contributed by atoms with E-state index >= 15 is 0 Å². The summed E-state index contributed by atoms with van der Waals surface area (Å²) in [7, 11) is 0. The molecule has 0 saturated carbocycles. The van der Waals surface area contributed by atoms with Gasteiger partial charge in [-0.2, -0.15) is 5.10 Å². The summed E-state index contributed by atoms with van der Waals surface area (Å²) < 4.78 is 13.4. The molecule has 2 fully saturated rings. The van der Waals surface area contributed by atoms with Gasteiger partial charge in [-0.15, -0.1) is 0 Å². The van der Waals surface area contributed by atoms with Crippen molar-refractivity contribution in [2.45, 2.75) is 51.5 Å². The summed E-state index contributed by atoms with van der Waals surface area (Å²) >= 11 is 0. The van der Waals surface area contributed by atoms with Crippen LogP contribution in [0.2, 0.25) is 0 Å². The SMILES string of the molecule is Cc1nc(C2CCCN(C3CCN(c4ccc(F)cc4C)CC3)C2)n[nH]1. The third kappa shape index (κ3) is 3.61. The van der Waals surface area contributed by atoms with Gasteiger partial charge >= 0.3 is 0 Å². The summed E-state index contributed by atoms with van der Waals surface area (Å²) in [5, 5.41) is 7.37. The van der Waals surface area contributed by atoms with Gasteiger partial charge in [0.2, 0.25) is 0 Å². The molecule has 2 saturated heterocycles. The van der Waals surface area contributed by atoms with Crippen molar-refractivity contribution in [1.82, 2.24) is 20.1 Å². The van der Waals surface area contributed by atoms with Crippen molar-refractivity contribution >= 4 is 5.69 Å². The Morgan fingerprint density at radius 1 is 1.12 bits per heavy atom. The van der Waals surface area contributed by atoms with Crippen LogP contribution < -0.4 is 4.90 Å². The lowest BCUT2D eigenvalue weighted by molar-refractivity contribution is 0.126. The molecule has 2 aliphatic rings. The minimum absolute atomic E-state index is 0.150. The summed E-state index contributed by atoms with van der Waals surface area (Å²) in [6.07, 6.45) is 4.73. The Balaban J connectivity index is 1.37. The maximum atomic E-state index is 13.4. The number of aryl methyl sites for hydroxylation is 2. The molecular weight excluding hydrogens is 329 g/mol. The van der Waals surface area contributed by atoms with Gasteiger partial charge in [-0.25, -0.2) is 9.37 Å². The van der Waals surface area contributed by atoms with Gasteiger partial charge in [0.15, 0.2) is 5.82 Å². The predicted molar refractivity (Wildman–Crippen MR) is 101 cm³/mol. The van der Waals surface area contributed by atoms with Crippen molar-refractivity contribution in [2.75, 3.05) is 31.1 Å². The van der Waals surface area contributed by atoms with Gasteiger partial charge in [-0.1, -0.05) is 0 Å². The van der Waals surface area contributed by atoms with E-state index in [4.69, 9.17) is 0 Å². The predicted octanol–water partition coefficient (Wildman–Crippen LogP) is 3.41. The molecule has 1 aromatic heterocycles. The molecular formula is C20H28FN5. The Morgan fingerprint density at radius 3 is 2.62 bits per heavy atom. The van der Waals surface area contributed by atoms with Gasteiger partial charge in [0.05, 0.1) is 0 Å². The molecule has 3 heterocycles. The third-order valence-electron chi connectivity index (χ3n) is 5.91. The van der Waals surface area contributed by atoms with Gasteiger partial charge in [-0.05, 0) is 69.8 Å². The first-order chi connectivity index (χ1) is 12.6. The fourth-order valence-electron chi connectivity index (χ4n) is 4.54. The summed E-state index contributed by atoms with van der Waals surface area (Å²) in [5.74, 6) is 2.18. The highest BCUT2D eigenvalue weighted by Gasteiger charge is 2.31. The van der Waals surface area contributed by atoms with Crippen LogP contribution in [0, 0.1) is 19.7 Å². The Kier molecular flexibility index (Phi) is 4.94. The fraction of sp³-hybridized carbons (Fsp3) is 0.600. The van der Waals surface area contributed by atoms with Crippen molar-refractivity contribution in [2.24, 2.45) is 0 Å². The normalized spacial score (nSPS) is 22.7. The zero-order chi connectivity index (χ0) is 18.1. The first-order valence-corrected chi connectivity index (χ1v) is 9.74. The first-order valence-electron chi connectivity index (χ1n) is 9.74. The van der Waals surface area contributed by atoms with E-state index in [1.54, 1.807) is 12.1 Å². The lowest BCUT2D eigenvalue weighted by Crippen LogP contribution is -2.48. The largest absolute Gasteiger partial charge is 0.371 e. The van der Waals surface area contributed by atoms with Crippen LogP contribution in [0.5, 0.6) is 0 Å². The Morgan fingerprint density at radius 2 is 1.92 bits per heavy atom. The van der Waals surface area contributed by atoms with Crippen LogP contribution in [0.3, 0.4) is 0 Å². The number of nitrogens with one attached hydrogen (secondary N) is 1. The zero-order valence-corrected chi connectivity index (χ0v) is 15.7. The number of benzene rings is 1. The summed E-state index contributed by atoms with van der Waals surface area (Å²) in [6.45, 7) is 8.29. The van der Waals surface area contributed by atoms with Gasteiger partial charge < -0.3 is 4.90 Å². The number of hydrogen-bond acceptors (Lipinski definition) is 4. The number of nitrogens with zero attached hydrogens (tertiary/aromatic N) is 4. The van der Waals surface area contributed by atoms with Crippen LogP contribution in [0.15, 0.2) is 18.2 Å². The second kappa shape index (κ2) is 7.35. The number of H-pyrrole nitrogens is 1. The van der Waals surface area contributed by atoms with Gasteiger partial charge in [0.25, 0.3) is 0 Å². The van der Waals surface area contributed by atoms with E-state index < -0.39 is 0 Å². The van der Waals surface area contributed by atoms with Gasteiger partial charge in [-0.3, -0.25) is 10.00 Å². The highest BCUT2D eigenvalue weighted by molar-refractivity contribution is 5.53. The lowest BCUT2D eigenvalue weighted by atomic mass is 9.93. The molecule has 0 amide bonds. The second-order valence-electron chi connectivity index (χ2n) is 7.76. The van der Waals surface area contributed by atoms with Crippen LogP contribution >= 0.6 is 0 Å². The second-order valence-corrected chi connectivity index (χ2v) is 7.76. The number of piperidine rings is 2. The smallest absolute Gasteiger partial charge is 0.155 e. The number of aromatic nitrogens is 3. The number of halogens is 1. The van der Waals surface area contributed by atoms with E-state index in [2.05, 4.69) is 25.0 Å². The average Bonchev–Trinajstić information content (AvgIpc) is 3.09. The Bertz CT molecular complexity index is 750. The number of likely N-dealkylation sites (tertiary alicyclic amines) is 1. The van der Waals surface area contributed by atoms with Crippen LogP contribution in [0.4, 0.5) is 10.1 Å². The standard InChI is InChI=1S/C20H28FN5/c1-14-12-17(21)5-6-19(14)25-10-7-18(8-11-25)26-9-3-4-16(13-26)20-22-15(2)23-24-20/h5-6,12,16,18H,3-4,7-11,13H2,1-2H3,(H,22,23,24). The van der Waals surface area contributed by atoms with Gasteiger partial charge in [0.1, 0.15) is 11.6 Å². The number of anilines is 1. The summed E-state index contributed by atoms with van der Waals surface area (Å²) in [4.78, 5) is 9.61. The van der Waals surface area contributed by atoms with Crippen molar-refractivity contribution in [3.63, 3.8) is 0 Å². The molecule has 6 heteroatoms. The molecule has 2 aliphatic heterocycles. The molecule has 5 nitrogen and oxygen atoms in total. The van der Waals surface area contributed by atoms with Crippen LogP contribution in [-0.2, 0) is 0 Å². The molecule has 1 unspecified atom stereocenters. The van der Waals surface area contributed by atoms with E-state index in [0.29, 0.717) is 12.0 Å². The number of hydrogen-bond donors (Lipinski definition) is 1. The minimum Gasteiger partial charge on any atom is -0.371 e. The highest BCUT2D eigenvalue weighted by atomic mass is 19.1. The molecule has 4 rings (SSSR count). The van der Waals surface area contributed by atoms with Crippen molar-refractivity contribution in [3.05, 3.63) is 41.2 Å². The maximum Gasteiger partial charge on any atom is 0.155 e. The molecule has 0 bridgehead atoms. The van der Waals surface area contributed by atoms with E-state index in [-0.39, 0.29) is 5.82 Å². The molecule has 0 spiro atoms. The molecule has 0 radical (unpaired) electrons. The maximum absolute atomic E-state index is 13.4. The number of aromatic amines is 1. The minimum atomic E-state index is -0.150. The molecule has 1 aromatic carbocycles. The van der Waals surface area contributed by atoms with E-state index in [1.807, 2.05) is 19.9 Å². The molecule has 26 heavy (non-hydrogen) atoms. The van der Waals surface area contributed by atoms with Crippen molar-refractivity contribution in [1.29, 1.82) is 0 Å².